The maximum atomic E-state index is 9.19. The molecule has 4 heteroatoms. The smallest absolute Gasteiger partial charge is 0.187 e. The highest BCUT2D eigenvalue weighted by atomic mass is 16.6. The van der Waals surface area contributed by atoms with Crippen LogP contribution in [0.2, 0.25) is 0 Å². The topological polar surface area (TPSA) is 54.6 Å². The van der Waals surface area contributed by atoms with Gasteiger partial charge in [0.25, 0.3) is 0 Å². The second-order valence-electron chi connectivity index (χ2n) is 4.95. The van der Waals surface area contributed by atoms with E-state index in [9.17, 15) is 5.26 Å². The van der Waals surface area contributed by atoms with E-state index in [1.54, 1.807) is 0 Å². The average molecular weight is 294 g/mol. The molecule has 0 aromatic heterocycles. The molecule has 0 bridgehead atoms. The highest BCUT2D eigenvalue weighted by molar-refractivity contribution is 6.12. The van der Waals surface area contributed by atoms with Gasteiger partial charge >= 0.3 is 0 Å². The summed E-state index contributed by atoms with van der Waals surface area (Å²) in [6, 6.07) is 15.6. The van der Waals surface area contributed by atoms with Crippen LogP contribution in [0.25, 0.3) is 0 Å². The molecule has 0 saturated carbocycles. The van der Waals surface area contributed by atoms with Crippen molar-refractivity contribution in [1.82, 2.24) is 0 Å². The molecule has 112 valence electrons. The predicted octanol–water partition coefficient (Wildman–Crippen LogP) is 3.76. The maximum absolute atomic E-state index is 9.19. The zero-order valence-electron chi connectivity index (χ0n) is 13.0. The standard InChI is InChI=1S/C18H18N2O2/c1-13-8-9-18(14(2)10-13)22-12-15-6-4-5-7-16(15)17(11-19)20-21-3/h4-10H,12H2,1-3H3. The first kappa shape index (κ1) is 15.6. The van der Waals surface area contributed by atoms with Crippen LogP contribution in [0, 0.1) is 25.2 Å². The molecular weight excluding hydrogens is 276 g/mol. The minimum absolute atomic E-state index is 0.238. The lowest BCUT2D eigenvalue weighted by Gasteiger charge is -2.12. The van der Waals surface area contributed by atoms with Gasteiger partial charge in [0.15, 0.2) is 5.71 Å². The van der Waals surface area contributed by atoms with Crippen molar-refractivity contribution in [2.75, 3.05) is 7.11 Å². The summed E-state index contributed by atoms with van der Waals surface area (Å²) < 4.78 is 5.89. The van der Waals surface area contributed by atoms with Crippen LogP contribution in [-0.4, -0.2) is 12.8 Å². The summed E-state index contributed by atoms with van der Waals surface area (Å²) in [5.41, 5.74) is 4.13. The van der Waals surface area contributed by atoms with Gasteiger partial charge in [-0.1, -0.05) is 47.1 Å². The van der Waals surface area contributed by atoms with E-state index in [2.05, 4.69) is 11.2 Å². The number of rotatable bonds is 5. The third kappa shape index (κ3) is 3.64. The van der Waals surface area contributed by atoms with Crippen LogP contribution in [0.5, 0.6) is 5.75 Å². The molecule has 0 radical (unpaired) electrons. The Morgan fingerprint density at radius 3 is 2.64 bits per heavy atom. The number of nitriles is 1. The number of nitrogens with zero attached hydrogens (tertiary/aromatic N) is 2. The van der Waals surface area contributed by atoms with E-state index in [1.807, 2.05) is 56.3 Å². The quantitative estimate of drug-likeness (QED) is 0.623. The molecule has 0 aliphatic rings. The Labute approximate surface area is 130 Å². The van der Waals surface area contributed by atoms with Crippen LogP contribution in [0.3, 0.4) is 0 Å². The SMILES string of the molecule is CON=C(C#N)c1ccccc1COc1ccc(C)cc1C. The van der Waals surface area contributed by atoms with E-state index >= 15 is 0 Å². The third-order valence-electron chi connectivity index (χ3n) is 3.27. The van der Waals surface area contributed by atoms with Crippen LogP contribution in [0.15, 0.2) is 47.6 Å². The van der Waals surface area contributed by atoms with E-state index < -0.39 is 0 Å². The number of hydrogen-bond donors (Lipinski definition) is 0. The summed E-state index contributed by atoms with van der Waals surface area (Å²) in [6.45, 7) is 4.43. The number of oxime groups is 1. The fourth-order valence-electron chi connectivity index (χ4n) is 2.22. The molecule has 0 spiro atoms. The first-order valence-corrected chi connectivity index (χ1v) is 6.95. The second-order valence-corrected chi connectivity index (χ2v) is 4.95. The zero-order chi connectivity index (χ0) is 15.9. The van der Waals surface area contributed by atoms with Gasteiger partial charge in [0, 0.05) is 5.56 Å². The van der Waals surface area contributed by atoms with Gasteiger partial charge in [0.1, 0.15) is 25.5 Å². The van der Waals surface area contributed by atoms with Gasteiger partial charge in [0.2, 0.25) is 0 Å². The minimum atomic E-state index is 0.238. The number of ether oxygens (including phenoxy) is 1. The predicted molar refractivity (Wildman–Crippen MR) is 85.8 cm³/mol. The molecule has 0 saturated heterocycles. The van der Waals surface area contributed by atoms with E-state index in [-0.39, 0.29) is 5.71 Å². The number of aryl methyl sites for hydroxylation is 2. The number of benzene rings is 2. The molecule has 0 fully saturated rings. The number of hydrogen-bond acceptors (Lipinski definition) is 4. The lowest BCUT2D eigenvalue weighted by atomic mass is 10.0. The summed E-state index contributed by atoms with van der Waals surface area (Å²) in [5.74, 6) is 0.836. The summed E-state index contributed by atoms with van der Waals surface area (Å²) in [6.07, 6.45) is 0. The molecule has 0 aliphatic heterocycles. The normalized spacial score (nSPS) is 10.9. The van der Waals surface area contributed by atoms with Gasteiger partial charge in [-0.05, 0) is 31.0 Å². The zero-order valence-corrected chi connectivity index (χ0v) is 13.0. The maximum Gasteiger partial charge on any atom is 0.187 e. The summed E-state index contributed by atoms with van der Waals surface area (Å²) in [7, 11) is 1.42. The molecular formula is C18H18N2O2. The average Bonchev–Trinajstić information content (AvgIpc) is 2.52. The van der Waals surface area contributed by atoms with Gasteiger partial charge in [-0.3, -0.25) is 0 Å². The monoisotopic (exact) mass is 294 g/mol. The van der Waals surface area contributed by atoms with Crippen molar-refractivity contribution >= 4 is 5.71 Å². The van der Waals surface area contributed by atoms with Gasteiger partial charge in [-0.25, -0.2) is 0 Å². The van der Waals surface area contributed by atoms with Crippen molar-refractivity contribution in [3.63, 3.8) is 0 Å². The van der Waals surface area contributed by atoms with Crippen LogP contribution in [0.4, 0.5) is 0 Å². The molecule has 0 atom stereocenters. The van der Waals surface area contributed by atoms with Crippen LogP contribution in [0.1, 0.15) is 22.3 Å². The molecule has 2 aromatic carbocycles. The molecule has 0 unspecified atom stereocenters. The lowest BCUT2D eigenvalue weighted by molar-refractivity contribution is 0.214. The Morgan fingerprint density at radius 1 is 1.18 bits per heavy atom. The van der Waals surface area contributed by atoms with Crippen molar-refractivity contribution in [2.24, 2.45) is 5.16 Å². The van der Waals surface area contributed by atoms with Crippen molar-refractivity contribution in [3.05, 3.63) is 64.7 Å². The minimum Gasteiger partial charge on any atom is -0.489 e. The Hall–Kier alpha value is -2.80. The molecule has 0 amide bonds. The fraction of sp³-hybridized carbons (Fsp3) is 0.222. The van der Waals surface area contributed by atoms with Gasteiger partial charge in [0.05, 0.1) is 0 Å². The first-order valence-electron chi connectivity index (χ1n) is 6.95. The van der Waals surface area contributed by atoms with Gasteiger partial charge in [-0.2, -0.15) is 5.26 Å². The van der Waals surface area contributed by atoms with Crippen LogP contribution in [-0.2, 0) is 11.4 Å². The molecule has 4 nitrogen and oxygen atoms in total. The lowest BCUT2D eigenvalue weighted by Crippen LogP contribution is -2.06. The first-order chi connectivity index (χ1) is 10.7. The van der Waals surface area contributed by atoms with Crippen LogP contribution < -0.4 is 4.74 Å². The summed E-state index contributed by atoms with van der Waals surface area (Å²) >= 11 is 0. The Morgan fingerprint density at radius 2 is 1.95 bits per heavy atom. The summed E-state index contributed by atoms with van der Waals surface area (Å²) in [5, 5.41) is 13.0. The van der Waals surface area contributed by atoms with Crippen molar-refractivity contribution < 1.29 is 9.57 Å². The molecule has 0 heterocycles. The molecule has 0 N–H and O–H groups in total. The Balaban J connectivity index is 2.24. The summed E-state index contributed by atoms with van der Waals surface area (Å²) in [4.78, 5) is 4.72. The molecule has 2 aromatic rings. The largest absolute Gasteiger partial charge is 0.489 e. The van der Waals surface area contributed by atoms with Crippen molar-refractivity contribution in [2.45, 2.75) is 20.5 Å². The van der Waals surface area contributed by atoms with Crippen molar-refractivity contribution in [1.29, 1.82) is 5.26 Å². The van der Waals surface area contributed by atoms with E-state index in [1.165, 1.54) is 12.7 Å². The van der Waals surface area contributed by atoms with Gasteiger partial charge < -0.3 is 9.57 Å². The van der Waals surface area contributed by atoms with Gasteiger partial charge in [-0.15, -0.1) is 0 Å². The van der Waals surface area contributed by atoms with Crippen LogP contribution >= 0.6 is 0 Å². The van der Waals surface area contributed by atoms with Crippen molar-refractivity contribution in [3.8, 4) is 11.8 Å². The Bertz CT molecular complexity index is 730. The molecule has 0 aliphatic carbocycles. The van der Waals surface area contributed by atoms with E-state index in [0.717, 1.165) is 22.4 Å². The highest BCUT2D eigenvalue weighted by Crippen LogP contribution is 2.21. The van der Waals surface area contributed by atoms with E-state index in [0.29, 0.717) is 6.61 Å². The fourth-order valence-corrected chi connectivity index (χ4v) is 2.22. The Kier molecular flexibility index (Phi) is 5.16. The second kappa shape index (κ2) is 7.28. The van der Waals surface area contributed by atoms with E-state index in [4.69, 9.17) is 9.57 Å². The molecule has 22 heavy (non-hydrogen) atoms. The third-order valence-corrected chi connectivity index (χ3v) is 3.27. The molecule has 2 rings (SSSR count). The highest BCUT2D eigenvalue weighted by Gasteiger charge is 2.10.